The molecule has 2 aromatic rings. The molecule has 1 aliphatic rings. The molecule has 7 heteroatoms. The number of imide groups is 1. The molecule has 0 bridgehead atoms. The minimum atomic E-state index is -0.611. The number of anilines is 1. The van der Waals surface area contributed by atoms with Crippen LogP contribution in [0.25, 0.3) is 6.08 Å². The van der Waals surface area contributed by atoms with Crippen LogP contribution in [0, 0.1) is 0 Å². The van der Waals surface area contributed by atoms with Crippen molar-refractivity contribution < 1.29 is 14.4 Å². The van der Waals surface area contributed by atoms with E-state index in [1.165, 1.54) is 0 Å². The summed E-state index contributed by atoms with van der Waals surface area (Å²) in [7, 11) is 0. The highest BCUT2D eigenvalue weighted by Crippen LogP contribution is 2.18. The number of nitrogens with zero attached hydrogens (tertiary/aromatic N) is 1. The lowest BCUT2D eigenvalue weighted by atomic mass is 10.1. The van der Waals surface area contributed by atoms with Gasteiger partial charge in [0.1, 0.15) is 12.2 Å². The molecule has 3 rings (SSSR count). The lowest BCUT2D eigenvalue weighted by Crippen LogP contribution is -2.38. The molecule has 0 saturated carbocycles. The van der Waals surface area contributed by atoms with Gasteiger partial charge in [0.15, 0.2) is 0 Å². The van der Waals surface area contributed by atoms with Gasteiger partial charge in [-0.25, -0.2) is 9.69 Å². The highest BCUT2D eigenvalue weighted by Gasteiger charge is 2.34. The second kappa shape index (κ2) is 8.18. The number of urea groups is 1. The van der Waals surface area contributed by atoms with Crippen molar-refractivity contribution in [1.82, 2.24) is 10.2 Å². The summed E-state index contributed by atoms with van der Waals surface area (Å²) in [4.78, 5) is 37.8. The van der Waals surface area contributed by atoms with Crippen molar-refractivity contribution in [3.63, 3.8) is 0 Å². The van der Waals surface area contributed by atoms with Crippen LogP contribution in [0.5, 0.6) is 0 Å². The largest absolute Gasteiger partial charge is 0.329 e. The molecule has 1 heterocycles. The van der Waals surface area contributed by atoms with Crippen molar-refractivity contribution in [3.05, 3.63) is 69.8 Å². The second-order valence-corrected chi connectivity index (χ2v) is 6.91. The number of aryl methyl sites for hydroxylation is 1. The van der Waals surface area contributed by atoms with Gasteiger partial charge in [0.25, 0.3) is 5.91 Å². The van der Waals surface area contributed by atoms with E-state index in [1.807, 2.05) is 49.4 Å². The zero-order valence-corrected chi connectivity index (χ0v) is 16.2. The van der Waals surface area contributed by atoms with Crippen molar-refractivity contribution in [2.75, 3.05) is 11.9 Å². The van der Waals surface area contributed by atoms with Gasteiger partial charge < -0.3 is 10.6 Å². The first-order valence-electron chi connectivity index (χ1n) is 8.46. The average molecular weight is 428 g/mol. The summed E-state index contributed by atoms with van der Waals surface area (Å²) in [6.45, 7) is 1.64. The highest BCUT2D eigenvalue weighted by atomic mass is 79.9. The Hall–Kier alpha value is -2.93. The molecule has 1 fully saturated rings. The minimum Gasteiger partial charge on any atom is -0.324 e. The minimum absolute atomic E-state index is 0.139. The van der Waals surface area contributed by atoms with Crippen LogP contribution in [0.1, 0.15) is 18.1 Å². The summed E-state index contributed by atoms with van der Waals surface area (Å²) in [5.74, 6) is -0.956. The number of amides is 4. The van der Waals surface area contributed by atoms with Crippen LogP contribution in [0.15, 0.2) is 58.7 Å². The van der Waals surface area contributed by atoms with Crippen LogP contribution in [0.4, 0.5) is 10.5 Å². The summed E-state index contributed by atoms with van der Waals surface area (Å²) in [6.07, 6.45) is 2.34. The van der Waals surface area contributed by atoms with Gasteiger partial charge in [-0.1, -0.05) is 53.2 Å². The number of halogens is 1. The molecule has 0 aromatic heterocycles. The number of rotatable bonds is 5. The molecule has 1 aliphatic heterocycles. The Balaban J connectivity index is 1.71. The van der Waals surface area contributed by atoms with E-state index in [-0.39, 0.29) is 12.2 Å². The number of benzene rings is 2. The molecule has 2 N–H and O–H groups in total. The number of carbonyl (C=O) groups excluding carboxylic acids is 3. The maximum absolute atomic E-state index is 12.5. The normalized spacial score (nSPS) is 15.2. The molecule has 0 aliphatic carbocycles. The molecule has 0 unspecified atom stereocenters. The Morgan fingerprint density at radius 1 is 1.19 bits per heavy atom. The van der Waals surface area contributed by atoms with Crippen molar-refractivity contribution in [3.8, 4) is 0 Å². The maximum atomic E-state index is 12.5. The number of carbonyl (C=O) groups is 3. The van der Waals surface area contributed by atoms with E-state index in [9.17, 15) is 14.4 Å². The van der Waals surface area contributed by atoms with Crippen LogP contribution in [-0.4, -0.2) is 29.3 Å². The molecule has 138 valence electrons. The fraction of sp³-hybridized carbons (Fsp3) is 0.150. The Morgan fingerprint density at radius 3 is 2.70 bits per heavy atom. The van der Waals surface area contributed by atoms with Crippen LogP contribution in [-0.2, 0) is 16.0 Å². The third kappa shape index (κ3) is 4.43. The molecule has 6 nitrogen and oxygen atoms in total. The highest BCUT2D eigenvalue weighted by molar-refractivity contribution is 9.10. The predicted molar refractivity (Wildman–Crippen MR) is 107 cm³/mol. The molecule has 1 saturated heterocycles. The van der Waals surface area contributed by atoms with E-state index < -0.39 is 17.8 Å². The van der Waals surface area contributed by atoms with Gasteiger partial charge in [0.2, 0.25) is 5.91 Å². The Labute approximate surface area is 165 Å². The first kappa shape index (κ1) is 18.8. The molecule has 4 amide bonds. The summed E-state index contributed by atoms with van der Waals surface area (Å²) in [5, 5.41) is 5.28. The third-order valence-corrected chi connectivity index (χ3v) is 4.59. The number of nitrogens with one attached hydrogen (secondary N) is 2. The maximum Gasteiger partial charge on any atom is 0.329 e. The zero-order valence-electron chi connectivity index (χ0n) is 14.7. The lowest BCUT2D eigenvalue weighted by Gasteiger charge is -2.13. The van der Waals surface area contributed by atoms with Gasteiger partial charge in [-0.05, 0) is 41.8 Å². The van der Waals surface area contributed by atoms with Crippen molar-refractivity contribution >= 4 is 45.5 Å². The monoisotopic (exact) mass is 427 g/mol. The van der Waals surface area contributed by atoms with Crippen molar-refractivity contribution in [1.29, 1.82) is 0 Å². The van der Waals surface area contributed by atoms with Gasteiger partial charge in [-0.15, -0.1) is 0 Å². The van der Waals surface area contributed by atoms with Crippen LogP contribution in [0.2, 0.25) is 0 Å². The molecule has 27 heavy (non-hydrogen) atoms. The fourth-order valence-electron chi connectivity index (χ4n) is 2.76. The standard InChI is InChI=1S/C20H18BrN3O3/c1-2-14-7-3-4-9-16(14)22-18(25)12-24-19(26)17(23-20(24)27)11-13-6-5-8-15(21)10-13/h3-11H,2,12H2,1H3,(H,22,25)(H,23,27)/b17-11+. The van der Waals surface area contributed by atoms with E-state index in [0.29, 0.717) is 5.69 Å². The molecular formula is C20H18BrN3O3. The Bertz CT molecular complexity index is 940. The van der Waals surface area contributed by atoms with E-state index in [1.54, 1.807) is 12.1 Å². The first-order chi connectivity index (χ1) is 13.0. The quantitative estimate of drug-likeness (QED) is 0.565. The summed E-state index contributed by atoms with van der Waals surface area (Å²) < 4.78 is 0.861. The summed E-state index contributed by atoms with van der Waals surface area (Å²) in [5.41, 5.74) is 2.57. The van der Waals surface area contributed by atoms with Crippen molar-refractivity contribution in [2.24, 2.45) is 0 Å². The van der Waals surface area contributed by atoms with E-state index in [4.69, 9.17) is 0 Å². The molecule has 0 radical (unpaired) electrons. The van der Waals surface area contributed by atoms with E-state index in [2.05, 4.69) is 26.6 Å². The van der Waals surface area contributed by atoms with E-state index >= 15 is 0 Å². The van der Waals surface area contributed by atoms with Gasteiger partial charge in [-0.2, -0.15) is 0 Å². The second-order valence-electron chi connectivity index (χ2n) is 5.99. The molecular weight excluding hydrogens is 410 g/mol. The van der Waals surface area contributed by atoms with Gasteiger partial charge in [0.05, 0.1) is 0 Å². The average Bonchev–Trinajstić information content (AvgIpc) is 2.89. The number of hydrogen-bond acceptors (Lipinski definition) is 3. The Morgan fingerprint density at radius 2 is 1.96 bits per heavy atom. The smallest absolute Gasteiger partial charge is 0.324 e. The topological polar surface area (TPSA) is 78.5 Å². The predicted octanol–water partition coefficient (Wildman–Crippen LogP) is 3.54. The van der Waals surface area contributed by atoms with Crippen LogP contribution < -0.4 is 10.6 Å². The van der Waals surface area contributed by atoms with Gasteiger partial charge in [-0.3, -0.25) is 9.59 Å². The van der Waals surface area contributed by atoms with Gasteiger partial charge >= 0.3 is 6.03 Å². The summed E-state index contributed by atoms with van der Waals surface area (Å²) >= 11 is 3.36. The molecule has 0 atom stereocenters. The van der Waals surface area contributed by atoms with Crippen molar-refractivity contribution in [2.45, 2.75) is 13.3 Å². The number of para-hydroxylation sites is 1. The van der Waals surface area contributed by atoms with Gasteiger partial charge in [0, 0.05) is 10.2 Å². The van der Waals surface area contributed by atoms with Crippen LogP contribution in [0.3, 0.4) is 0 Å². The third-order valence-electron chi connectivity index (χ3n) is 4.10. The molecule has 2 aromatic carbocycles. The SMILES string of the molecule is CCc1ccccc1NC(=O)CN1C(=O)N/C(=C/c2cccc(Br)c2)C1=O. The fourth-order valence-corrected chi connectivity index (χ4v) is 3.18. The van der Waals surface area contributed by atoms with E-state index in [0.717, 1.165) is 26.9 Å². The number of hydrogen-bond donors (Lipinski definition) is 2. The lowest BCUT2D eigenvalue weighted by molar-refractivity contribution is -0.127. The first-order valence-corrected chi connectivity index (χ1v) is 9.25. The summed E-state index contributed by atoms with van der Waals surface area (Å²) in [6, 6.07) is 14.1. The Kier molecular flexibility index (Phi) is 5.71. The molecule has 0 spiro atoms. The van der Waals surface area contributed by atoms with Crippen LogP contribution >= 0.6 is 15.9 Å². The zero-order chi connectivity index (χ0) is 19.4.